The molecule has 0 bridgehead atoms. The third-order valence-electron chi connectivity index (χ3n) is 9.55. The molecular weight excluding hydrogens is 673 g/mol. The summed E-state index contributed by atoms with van der Waals surface area (Å²) in [6.07, 6.45) is 0. The molecule has 0 aliphatic rings. The van der Waals surface area contributed by atoms with E-state index in [4.69, 9.17) is 15.0 Å². The molecule has 0 aliphatic carbocycles. The van der Waals surface area contributed by atoms with Crippen molar-refractivity contribution in [1.82, 2.24) is 15.0 Å². The molecule has 0 amide bonds. The fourth-order valence-electron chi connectivity index (χ4n) is 6.95. The second kappa shape index (κ2) is 12.4. The molecule has 0 spiro atoms. The lowest BCUT2D eigenvalue weighted by Crippen LogP contribution is -2.00. The Hall–Kier alpha value is -6.52. The summed E-state index contributed by atoms with van der Waals surface area (Å²) in [6, 6.07) is 57.1. The second-order valence-electron chi connectivity index (χ2n) is 12.8. The molecular formula is C46H26N4S2. The van der Waals surface area contributed by atoms with Gasteiger partial charge in [0.15, 0.2) is 17.5 Å². The second-order valence-corrected chi connectivity index (χ2v) is 14.9. The quantitative estimate of drug-likeness (QED) is 0.179. The molecule has 0 aliphatic heterocycles. The van der Waals surface area contributed by atoms with Crippen molar-refractivity contribution in [1.29, 1.82) is 5.26 Å². The number of hydrogen-bond donors (Lipinski definition) is 0. The van der Waals surface area contributed by atoms with Gasteiger partial charge in [0.2, 0.25) is 0 Å². The lowest BCUT2D eigenvalue weighted by molar-refractivity contribution is 1.07. The Labute approximate surface area is 307 Å². The number of benzene rings is 7. The van der Waals surface area contributed by atoms with Gasteiger partial charge >= 0.3 is 0 Å². The van der Waals surface area contributed by atoms with Crippen LogP contribution in [-0.2, 0) is 0 Å². The summed E-state index contributed by atoms with van der Waals surface area (Å²) in [4.78, 5) is 15.1. The van der Waals surface area contributed by atoms with Gasteiger partial charge < -0.3 is 0 Å². The highest BCUT2D eigenvalue weighted by molar-refractivity contribution is 7.26. The molecule has 4 nitrogen and oxygen atoms in total. The van der Waals surface area contributed by atoms with Crippen LogP contribution in [0.15, 0.2) is 158 Å². The van der Waals surface area contributed by atoms with E-state index in [9.17, 15) is 5.26 Å². The van der Waals surface area contributed by atoms with E-state index in [-0.39, 0.29) is 0 Å². The minimum atomic E-state index is 0.553. The summed E-state index contributed by atoms with van der Waals surface area (Å²) in [6.45, 7) is 0. The van der Waals surface area contributed by atoms with Gasteiger partial charge in [0.25, 0.3) is 0 Å². The number of nitriles is 1. The van der Waals surface area contributed by atoms with E-state index in [0.717, 1.165) is 38.9 Å². The van der Waals surface area contributed by atoms with E-state index in [1.54, 1.807) is 12.1 Å². The first-order chi connectivity index (χ1) is 25.7. The first-order valence-electron chi connectivity index (χ1n) is 17.0. The van der Waals surface area contributed by atoms with Crippen molar-refractivity contribution >= 4 is 63.0 Å². The van der Waals surface area contributed by atoms with E-state index in [1.165, 1.54) is 40.3 Å². The molecule has 3 aromatic heterocycles. The van der Waals surface area contributed by atoms with E-state index in [2.05, 4.69) is 109 Å². The van der Waals surface area contributed by atoms with Gasteiger partial charge in [-0.05, 0) is 101 Å². The van der Waals surface area contributed by atoms with Crippen LogP contribution in [0, 0.1) is 11.3 Å². The van der Waals surface area contributed by atoms with Crippen LogP contribution in [0.4, 0.5) is 0 Å². The van der Waals surface area contributed by atoms with Crippen LogP contribution in [-0.4, -0.2) is 15.0 Å². The van der Waals surface area contributed by atoms with Crippen molar-refractivity contribution in [2.24, 2.45) is 0 Å². The largest absolute Gasteiger partial charge is 0.208 e. The van der Waals surface area contributed by atoms with Crippen LogP contribution in [0.1, 0.15) is 5.56 Å². The maximum atomic E-state index is 9.43. The Bertz CT molecular complexity index is 2890. The monoisotopic (exact) mass is 698 g/mol. The van der Waals surface area contributed by atoms with Crippen molar-refractivity contribution in [3.05, 3.63) is 163 Å². The molecule has 0 atom stereocenters. The van der Waals surface area contributed by atoms with Crippen molar-refractivity contribution in [3.8, 4) is 62.5 Å². The summed E-state index contributed by atoms with van der Waals surface area (Å²) in [5.74, 6) is 1.73. The highest BCUT2D eigenvalue weighted by atomic mass is 32.1. The molecule has 0 fully saturated rings. The number of hydrogen-bond acceptors (Lipinski definition) is 6. The predicted molar refractivity (Wildman–Crippen MR) is 217 cm³/mol. The number of fused-ring (bicyclic) bond motifs is 6. The summed E-state index contributed by atoms with van der Waals surface area (Å²) < 4.78 is 5.12. The smallest absolute Gasteiger partial charge is 0.164 e. The van der Waals surface area contributed by atoms with Gasteiger partial charge in [-0.25, -0.2) is 15.0 Å². The Balaban J connectivity index is 1.21. The third-order valence-corrected chi connectivity index (χ3v) is 11.9. The Morgan fingerprint density at radius 1 is 0.346 bits per heavy atom. The molecule has 6 heteroatoms. The highest BCUT2D eigenvalue weighted by Gasteiger charge is 2.16. The van der Waals surface area contributed by atoms with Crippen LogP contribution >= 0.6 is 22.7 Å². The topological polar surface area (TPSA) is 62.5 Å². The molecule has 3 heterocycles. The lowest BCUT2D eigenvalue weighted by Gasteiger charge is -2.13. The molecule has 52 heavy (non-hydrogen) atoms. The summed E-state index contributed by atoms with van der Waals surface area (Å²) >= 11 is 3.65. The van der Waals surface area contributed by atoms with Crippen molar-refractivity contribution in [2.45, 2.75) is 0 Å². The Kier molecular flexibility index (Phi) is 7.21. The highest BCUT2D eigenvalue weighted by Crippen LogP contribution is 2.40. The molecule has 0 saturated heterocycles. The third kappa shape index (κ3) is 5.32. The molecule has 0 unspecified atom stereocenters. The van der Waals surface area contributed by atoms with Crippen LogP contribution in [0.5, 0.6) is 0 Å². The number of rotatable bonds is 5. The molecule has 0 saturated carbocycles. The molecule has 10 rings (SSSR count). The zero-order chi connectivity index (χ0) is 34.6. The molecule has 242 valence electrons. The van der Waals surface area contributed by atoms with E-state index in [1.807, 2.05) is 65.1 Å². The van der Waals surface area contributed by atoms with Gasteiger partial charge in [-0.3, -0.25) is 0 Å². The summed E-state index contributed by atoms with van der Waals surface area (Å²) in [7, 11) is 0. The lowest BCUT2D eigenvalue weighted by atomic mass is 9.94. The fraction of sp³-hybridized carbons (Fsp3) is 0. The molecule has 7 aromatic carbocycles. The van der Waals surface area contributed by atoms with Crippen LogP contribution in [0.3, 0.4) is 0 Å². The van der Waals surface area contributed by atoms with E-state index in [0.29, 0.717) is 23.0 Å². The van der Waals surface area contributed by atoms with Crippen LogP contribution < -0.4 is 0 Å². The van der Waals surface area contributed by atoms with Gasteiger partial charge in [0.05, 0.1) is 11.6 Å². The van der Waals surface area contributed by atoms with Crippen molar-refractivity contribution in [2.75, 3.05) is 0 Å². The standard InChI is InChI=1S/C46H26N4S2/c47-27-28-14-16-30(17-15-28)45-48-44(29-8-2-1-3-9-29)49-46(50-45)35-23-33(31-18-20-42-38(25-31)36-10-4-6-12-40(36)51-42)22-34(24-35)32-19-21-43-39(26-32)37-11-5-7-13-41(37)52-43/h1-26H. The summed E-state index contributed by atoms with van der Waals surface area (Å²) in [5, 5.41) is 14.5. The minimum absolute atomic E-state index is 0.553. The SMILES string of the molecule is N#Cc1ccc(-c2nc(-c3ccccc3)nc(-c3cc(-c4ccc5sc6ccccc6c5c4)cc(-c4ccc5sc6ccccc6c5c4)c3)n2)cc1. The predicted octanol–water partition coefficient (Wildman–Crippen LogP) is 12.8. The molecule has 0 radical (unpaired) electrons. The van der Waals surface area contributed by atoms with Gasteiger partial charge in [0.1, 0.15) is 0 Å². The van der Waals surface area contributed by atoms with E-state index >= 15 is 0 Å². The average Bonchev–Trinajstić information content (AvgIpc) is 3.78. The van der Waals surface area contributed by atoms with Crippen LogP contribution in [0.2, 0.25) is 0 Å². The molecule has 0 N–H and O–H groups in total. The minimum Gasteiger partial charge on any atom is -0.208 e. The van der Waals surface area contributed by atoms with Crippen molar-refractivity contribution < 1.29 is 0 Å². The van der Waals surface area contributed by atoms with Crippen molar-refractivity contribution in [3.63, 3.8) is 0 Å². The zero-order valence-electron chi connectivity index (χ0n) is 27.6. The Morgan fingerprint density at radius 3 is 1.31 bits per heavy atom. The normalized spacial score (nSPS) is 11.4. The number of nitrogens with zero attached hydrogens (tertiary/aromatic N) is 4. The maximum absolute atomic E-state index is 9.43. The molecule has 10 aromatic rings. The van der Waals surface area contributed by atoms with Gasteiger partial charge in [-0.2, -0.15) is 5.26 Å². The first-order valence-corrected chi connectivity index (χ1v) is 18.6. The van der Waals surface area contributed by atoms with E-state index < -0.39 is 0 Å². The number of thiophene rings is 2. The number of aromatic nitrogens is 3. The first kappa shape index (κ1) is 30.3. The Morgan fingerprint density at radius 2 is 0.769 bits per heavy atom. The zero-order valence-corrected chi connectivity index (χ0v) is 29.2. The average molecular weight is 699 g/mol. The van der Waals surface area contributed by atoms with Crippen LogP contribution in [0.25, 0.3) is 96.8 Å². The fourth-order valence-corrected chi connectivity index (χ4v) is 9.12. The maximum Gasteiger partial charge on any atom is 0.164 e. The van der Waals surface area contributed by atoms with Gasteiger partial charge in [0, 0.05) is 57.0 Å². The van der Waals surface area contributed by atoms with Gasteiger partial charge in [-0.15, -0.1) is 22.7 Å². The van der Waals surface area contributed by atoms with Gasteiger partial charge in [-0.1, -0.05) is 78.9 Å². The summed E-state index contributed by atoms with van der Waals surface area (Å²) in [5.41, 5.74) is 7.64.